The second-order valence-corrected chi connectivity index (χ2v) is 6.22. The molecule has 1 aromatic heterocycles. The molecule has 0 bridgehead atoms. The van der Waals surface area contributed by atoms with Crippen molar-refractivity contribution < 1.29 is 14.5 Å². The van der Waals surface area contributed by atoms with Gasteiger partial charge >= 0.3 is 0 Å². The summed E-state index contributed by atoms with van der Waals surface area (Å²) in [5.74, 6) is 0.137. The summed E-state index contributed by atoms with van der Waals surface area (Å²) in [5, 5.41) is 17.0. The van der Waals surface area contributed by atoms with Crippen LogP contribution < -0.4 is 15.4 Å². The number of hydrogen-bond acceptors (Lipinski definition) is 6. The normalized spacial score (nSPS) is 15.2. The van der Waals surface area contributed by atoms with Gasteiger partial charge in [0.2, 0.25) is 0 Å². The molecule has 2 aromatic rings. The van der Waals surface area contributed by atoms with Crippen LogP contribution in [0.15, 0.2) is 36.5 Å². The van der Waals surface area contributed by atoms with Crippen LogP contribution in [-0.2, 0) is 6.54 Å². The van der Waals surface area contributed by atoms with E-state index in [1.54, 1.807) is 6.07 Å². The van der Waals surface area contributed by atoms with Gasteiger partial charge < -0.3 is 15.4 Å². The van der Waals surface area contributed by atoms with E-state index in [1.807, 2.05) is 0 Å². The number of nitro groups is 1. The Hall–Kier alpha value is -2.42. The fraction of sp³-hybridized carbons (Fsp3) is 0.294. The Labute approximate surface area is 166 Å². The molecule has 1 fully saturated rings. The van der Waals surface area contributed by atoms with Gasteiger partial charge in [-0.2, -0.15) is 0 Å². The number of nitro benzene ring substituents is 1. The zero-order chi connectivity index (χ0) is 18.5. The molecule has 0 unspecified atom stereocenters. The Balaban J connectivity index is 0.00000261. The highest BCUT2D eigenvalue weighted by Gasteiger charge is 2.17. The van der Waals surface area contributed by atoms with Crippen LogP contribution in [0.5, 0.6) is 5.75 Å². The monoisotopic (exact) mass is 412 g/mol. The number of nitrogens with zero attached hydrogens (tertiary/aromatic N) is 2. The van der Waals surface area contributed by atoms with Crippen molar-refractivity contribution in [3.63, 3.8) is 0 Å². The van der Waals surface area contributed by atoms with E-state index in [9.17, 15) is 14.9 Å². The first kappa shape index (κ1) is 20.9. The SMILES string of the molecule is Cl.O=C(NCc1cc(OC[C@@H]2CCN2)cnc1Cl)c1cccc([N+](=O)[O-])c1. The van der Waals surface area contributed by atoms with Gasteiger partial charge in [0.15, 0.2) is 0 Å². The van der Waals surface area contributed by atoms with Crippen molar-refractivity contribution in [2.75, 3.05) is 13.2 Å². The number of carbonyl (C=O) groups is 1. The molecule has 1 aliphatic heterocycles. The number of benzene rings is 1. The standard InChI is InChI=1S/C17H17ClN4O4.ClH/c18-16-12(7-15(9-20-16)26-10-13-4-5-19-13)8-21-17(23)11-2-1-3-14(6-11)22(24)25;/h1-3,6-7,9,13,19H,4-5,8,10H2,(H,21,23);1H/t13-;/m0./s1. The molecule has 0 spiro atoms. The third-order valence-electron chi connectivity index (χ3n) is 4.02. The molecule has 3 rings (SSSR count). The lowest BCUT2D eigenvalue weighted by atomic mass is 10.1. The molecule has 1 aromatic carbocycles. The molecule has 2 heterocycles. The van der Waals surface area contributed by atoms with Crippen molar-refractivity contribution in [3.8, 4) is 5.75 Å². The van der Waals surface area contributed by atoms with Crippen LogP contribution in [0.25, 0.3) is 0 Å². The molecular formula is C17H18Cl2N4O4. The van der Waals surface area contributed by atoms with E-state index in [2.05, 4.69) is 15.6 Å². The number of pyridine rings is 1. The van der Waals surface area contributed by atoms with Gasteiger partial charge in [0.1, 0.15) is 17.5 Å². The zero-order valence-corrected chi connectivity index (χ0v) is 15.8. The van der Waals surface area contributed by atoms with Crippen molar-refractivity contribution in [2.24, 2.45) is 0 Å². The second-order valence-electron chi connectivity index (χ2n) is 5.86. The van der Waals surface area contributed by atoms with E-state index in [1.165, 1.54) is 30.5 Å². The van der Waals surface area contributed by atoms with Gasteiger partial charge in [0.05, 0.1) is 11.1 Å². The highest BCUT2D eigenvalue weighted by atomic mass is 35.5. The van der Waals surface area contributed by atoms with Crippen molar-refractivity contribution in [3.05, 3.63) is 62.9 Å². The summed E-state index contributed by atoms with van der Waals surface area (Å²) < 4.78 is 5.67. The maximum atomic E-state index is 12.2. The van der Waals surface area contributed by atoms with Gasteiger partial charge in [-0.3, -0.25) is 14.9 Å². The van der Waals surface area contributed by atoms with E-state index in [-0.39, 0.29) is 35.4 Å². The van der Waals surface area contributed by atoms with Gasteiger partial charge in [-0.05, 0) is 25.1 Å². The molecule has 0 radical (unpaired) electrons. The predicted molar refractivity (Wildman–Crippen MR) is 103 cm³/mol. The maximum absolute atomic E-state index is 12.2. The van der Waals surface area contributed by atoms with Gasteiger partial charge in [0, 0.05) is 35.8 Å². The zero-order valence-electron chi connectivity index (χ0n) is 14.2. The van der Waals surface area contributed by atoms with Crippen LogP contribution in [0, 0.1) is 10.1 Å². The lowest BCUT2D eigenvalue weighted by Gasteiger charge is -2.27. The molecule has 10 heteroatoms. The summed E-state index contributed by atoms with van der Waals surface area (Å²) in [7, 11) is 0. The molecular weight excluding hydrogens is 395 g/mol. The Morgan fingerprint density at radius 1 is 1.44 bits per heavy atom. The highest BCUT2D eigenvalue weighted by Crippen LogP contribution is 2.20. The van der Waals surface area contributed by atoms with Crippen LogP contribution in [0.3, 0.4) is 0 Å². The highest BCUT2D eigenvalue weighted by molar-refractivity contribution is 6.30. The number of carbonyl (C=O) groups excluding carboxylic acids is 1. The minimum absolute atomic E-state index is 0. The van der Waals surface area contributed by atoms with E-state index in [0.717, 1.165) is 13.0 Å². The van der Waals surface area contributed by atoms with Crippen LogP contribution in [0.2, 0.25) is 5.15 Å². The van der Waals surface area contributed by atoms with Crippen molar-refractivity contribution in [2.45, 2.75) is 19.0 Å². The first-order valence-corrected chi connectivity index (χ1v) is 8.44. The molecule has 1 amide bonds. The van der Waals surface area contributed by atoms with Crippen molar-refractivity contribution in [1.82, 2.24) is 15.6 Å². The third kappa shape index (κ3) is 5.53. The first-order chi connectivity index (χ1) is 12.5. The molecule has 0 aliphatic carbocycles. The van der Waals surface area contributed by atoms with E-state index in [0.29, 0.717) is 24.0 Å². The van der Waals surface area contributed by atoms with Crippen LogP contribution in [0.4, 0.5) is 5.69 Å². The van der Waals surface area contributed by atoms with Crippen LogP contribution in [0.1, 0.15) is 22.3 Å². The number of nitrogens with one attached hydrogen (secondary N) is 2. The second kappa shape index (κ2) is 9.50. The average molecular weight is 413 g/mol. The number of hydrogen-bond donors (Lipinski definition) is 2. The molecule has 144 valence electrons. The fourth-order valence-electron chi connectivity index (χ4n) is 2.40. The van der Waals surface area contributed by atoms with Crippen LogP contribution >= 0.6 is 24.0 Å². The molecule has 27 heavy (non-hydrogen) atoms. The van der Waals surface area contributed by atoms with Crippen LogP contribution in [-0.4, -0.2) is 35.0 Å². The van der Waals surface area contributed by atoms with Crippen molar-refractivity contribution >= 4 is 35.6 Å². The smallest absolute Gasteiger partial charge is 0.270 e. The fourth-order valence-corrected chi connectivity index (χ4v) is 2.57. The first-order valence-electron chi connectivity index (χ1n) is 8.06. The molecule has 1 aliphatic rings. The average Bonchev–Trinajstić information content (AvgIpc) is 2.60. The number of amides is 1. The minimum Gasteiger partial charge on any atom is -0.490 e. The molecule has 8 nitrogen and oxygen atoms in total. The summed E-state index contributed by atoms with van der Waals surface area (Å²) in [6, 6.07) is 7.60. The lowest BCUT2D eigenvalue weighted by molar-refractivity contribution is -0.384. The van der Waals surface area contributed by atoms with Gasteiger partial charge in [0.25, 0.3) is 11.6 Å². The van der Waals surface area contributed by atoms with Crippen molar-refractivity contribution in [1.29, 1.82) is 0 Å². The van der Waals surface area contributed by atoms with E-state index < -0.39 is 10.8 Å². The molecule has 0 saturated carbocycles. The van der Waals surface area contributed by atoms with Gasteiger partial charge in [-0.1, -0.05) is 17.7 Å². The van der Waals surface area contributed by atoms with E-state index in [4.69, 9.17) is 16.3 Å². The Bertz CT molecular complexity index is 830. The Morgan fingerprint density at radius 3 is 2.89 bits per heavy atom. The molecule has 2 N–H and O–H groups in total. The third-order valence-corrected chi connectivity index (χ3v) is 4.36. The topological polar surface area (TPSA) is 106 Å². The summed E-state index contributed by atoms with van der Waals surface area (Å²) in [4.78, 5) is 26.5. The summed E-state index contributed by atoms with van der Waals surface area (Å²) in [6.07, 6.45) is 2.61. The summed E-state index contributed by atoms with van der Waals surface area (Å²) in [5.41, 5.74) is 0.661. The molecule has 1 atom stereocenters. The van der Waals surface area contributed by atoms with Gasteiger partial charge in [-0.15, -0.1) is 12.4 Å². The summed E-state index contributed by atoms with van der Waals surface area (Å²) >= 11 is 6.07. The Kier molecular flexibility index (Phi) is 7.35. The number of halogens is 2. The van der Waals surface area contributed by atoms with E-state index >= 15 is 0 Å². The minimum atomic E-state index is -0.546. The number of aromatic nitrogens is 1. The Morgan fingerprint density at radius 2 is 2.22 bits per heavy atom. The number of ether oxygens (including phenoxy) is 1. The number of rotatable bonds is 7. The van der Waals surface area contributed by atoms with Gasteiger partial charge in [-0.25, -0.2) is 4.98 Å². The lowest BCUT2D eigenvalue weighted by Crippen LogP contribution is -2.46. The predicted octanol–water partition coefficient (Wildman–Crippen LogP) is 2.74. The maximum Gasteiger partial charge on any atom is 0.270 e. The molecule has 1 saturated heterocycles. The number of non-ortho nitro benzene ring substituents is 1. The largest absolute Gasteiger partial charge is 0.490 e. The quantitative estimate of drug-likeness (QED) is 0.411. The summed E-state index contributed by atoms with van der Waals surface area (Å²) in [6.45, 7) is 1.68.